The fraction of sp³-hybridized carbons (Fsp3) is 0.185. The van der Waals surface area contributed by atoms with Crippen LogP contribution in [-0.4, -0.2) is 43.0 Å². The summed E-state index contributed by atoms with van der Waals surface area (Å²) < 4.78 is 18.4. The van der Waals surface area contributed by atoms with Crippen LogP contribution >= 0.6 is 0 Å². The monoisotopic (exact) mass is 472 g/mol. The van der Waals surface area contributed by atoms with Gasteiger partial charge in [-0.3, -0.25) is 14.2 Å². The Kier molecular flexibility index (Phi) is 5.88. The number of hydrogen-bond acceptors (Lipinski definition) is 6. The third-order valence-electron chi connectivity index (χ3n) is 6.19. The van der Waals surface area contributed by atoms with Gasteiger partial charge in [0, 0.05) is 10.9 Å². The first-order valence-corrected chi connectivity index (χ1v) is 11.0. The lowest BCUT2D eigenvalue weighted by Crippen LogP contribution is -2.36. The first-order valence-electron chi connectivity index (χ1n) is 11.0. The number of ether oxygens (including phenoxy) is 3. The molecule has 0 N–H and O–H groups in total. The minimum Gasteiger partial charge on any atom is -0.496 e. The van der Waals surface area contributed by atoms with E-state index in [4.69, 9.17) is 19.0 Å². The molecule has 1 aliphatic heterocycles. The van der Waals surface area contributed by atoms with Crippen molar-refractivity contribution in [3.05, 3.63) is 90.1 Å². The third kappa shape index (κ3) is 3.68. The Balaban J connectivity index is 1.69. The lowest BCUT2D eigenvalue weighted by atomic mass is 9.89. The van der Waals surface area contributed by atoms with E-state index in [2.05, 4.69) is 0 Å². The molecule has 35 heavy (non-hydrogen) atoms. The number of fused-ring (bicyclic) bond motifs is 3. The highest BCUT2D eigenvalue weighted by Gasteiger charge is 2.48. The number of para-hydroxylation sites is 4. The summed E-state index contributed by atoms with van der Waals surface area (Å²) in [5, 5.41) is 2.09. The molecule has 0 saturated carbocycles. The molecule has 0 saturated heterocycles. The van der Waals surface area contributed by atoms with E-state index in [-0.39, 0.29) is 5.75 Å². The second kappa shape index (κ2) is 9.15. The van der Waals surface area contributed by atoms with Crippen molar-refractivity contribution in [1.29, 1.82) is 0 Å². The number of hydrogen-bond donors (Lipinski definition) is 0. The molecule has 178 valence electrons. The summed E-state index contributed by atoms with van der Waals surface area (Å²) in [6.07, 6.45) is 0. The van der Waals surface area contributed by atoms with E-state index in [9.17, 15) is 9.59 Å². The van der Waals surface area contributed by atoms with E-state index in [1.165, 1.54) is 26.4 Å². The number of esters is 1. The van der Waals surface area contributed by atoms with Crippen LogP contribution in [0.25, 0.3) is 10.9 Å². The average Bonchev–Trinajstić information content (AvgIpc) is 3.39. The highest BCUT2D eigenvalue weighted by atomic mass is 16.7. The third-order valence-corrected chi connectivity index (χ3v) is 6.19. The van der Waals surface area contributed by atoms with Crippen LogP contribution in [0.4, 0.5) is 4.79 Å². The number of carbonyl (C=O) groups excluding carboxylic acids is 2. The SMILES string of the molecule is COc1ccccc1OC(=O)C(c1ccccc1OC)C1c2cc3ccccc3n2C(=O)N1OC. The molecule has 8 heteroatoms. The fourth-order valence-electron chi connectivity index (χ4n) is 4.67. The number of nitrogens with zero attached hydrogens (tertiary/aromatic N) is 2. The summed E-state index contributed by atoms with van der Waals surface area (Å²) in [6, 6.07) is 22.3. The van der Waals surface area contributed by atoms with Crippen LogP contribution in [0.3, 0.4) is 0 Å². The van der Waals surface area contributed by atoms with Gasteiger partial charge in [-0.25, -0.2) is 4.79 Å². The molecule has 0 bridgehead atoms. The zero-order valence-electron chi connectivity index (χ0n) is 19.5. The maximum absolute atomic E-state index is 13.9. The average molecular weight is 472 g/mol. The van der Waals surface area contributed by atoms with Crippen molar-refractivity contribution in [3.8, 4) is 17.2 Å². The zero-order chi connectivity index (χ0) is 24.5. The lowest BCUT2D eigenvalue weighted by Gasteiger charge is -2.29. The van der Waals surface area contributed by atoms with E-state index in [1.54, 1.807) is 41.0 Å². The molecule has 5 rings (SSSR count). The fourth-order valence-corrected chi connectivity index (χ4v) is 4.67. The maximum Gasteiger partial charge on any atom is 0.353 e. The van der Waals surface area contributed by atoms with E-state index in [0.29, 0.717) is 22.8 Å². The van der Waals surface area contributed by atoms with Gasteiger partial charge in [-0.2, -0.15) is 5.06 Å². The highest BCUT2D eigenvalue weighted by molar-refractivity contribution is 5.96. The van der Waals surface area contributed by atoms with Crippen molar-refractivity contribution in [2.24, 2.45) is 0 Å². The molecule has 0 spiro atoms. The topological polar surface area (TPSA) is 79.2 Å². The van der Waals surface area contributed by atoms with Crippen LogP contribution in [0, 0.1) is 0 Å². The van der Waals surface area contributed by atoms with Gasteiger partial charge in [-0.05, 0) is 30.3 Å². The number of benzene rings is 3. The second-order valence-electron chi connectivity index (χ2n) is 7.99. The molecule has 3 aromatic carbocycles. The van der Waals surface area contributed by atoms with Gasteiger partial charge in [0.25, 0.3) is 0 Å². The molecule has 1 amide bonds. The number of rotatable bonds is 7. The Bertz CT molecular complexity index is 1410. The first kappa shape index (κ1) is 22.5. The van der Waals surface area contributed by atoms with Crippen molar-refractivity contribution in [2.45, 2.75) is 12.0 Å². The van der Waals surface area contributed by atoms with Crippen molar-refractivity contribution in [1.82, 2.24) is 9.63 Å². The summed E-state index contributed by atoms with van der Waals surface area (Å²) in [7, 11) is 4.45. The minimum atomic E-state index is -0.967. The molecule has 1 aliphatic rings. The summed E-state index contributed by atoms with van der Waals surface area (Å²) in [5.74, 6) is -0.371. The molecule has 0 fully saturated rings. The van der Waals surface area contributed by atoms with Gasteiger partial charge in [0.05, 0.1) is 32.5 Å². The Morgan fingerprint density at radius 1 is 0.829 bits per heavy atom. The highest BCUT2D eigenvalue weighted by Crippen LogP contribution is 2.46. The van der Waals surface area contributed by atoms with Crippen molar-refractivity contribution < 1.29 is 28.6 Å². The number of aromatic nitrogens is 1. The van der Waals surface area contributed by atoms with Gasteiger partial charge in [-0.1, -0.05) is 48.5 Å². The predicted octanol–water partition coefficient (Wildman–Crippen LogP) is 4.93. The van der Waals surface area contributed by atoms with E-state index >= 15 is 0 Å². The molecular formula is C27H24N2O6. The quantitative estimate of drug-likeness (QED) is 0.280. The summed E-state index contributed by atoms with van der Waals surface area (Å²) >= 11 is 0. The van der Waals surface area contributed by atoms with Crippen LogP contribution in [-0.2, 0) is 9.63 Å². The van der Waals surface area contributed by atoms with E-state index < -0.39 is 24.0 Å². The molecule has 2 unspecified atom stereocenters. The van der Waals surface area contributed by atoms with Gasteiger partial charge < -0.3 is 14.2 Å². The Morgan fingerprint density at radius 3 is 2.17 bits per heavy atom. The van der Waals surface area contributed by atoms with Crippen LogP contribution < -0.4 is 14.2 Å². The zero-order valence-corrected chi connectivity index (χ0v) is 19.5. The molecule has 2 atom stereocenters. The smallest absolute Gasteiger partial charge is 0.353 e. The maximum atomic E-state index is 13.9. The van der Waals surface area contributed by atoms with Gasteiger partial charge in [-0.15, -0.1) is 0 Å². The normalized spacial score (nSPS) is 15.7. The Morgan fingerprint density at radius 2 is 1.46 bits per heavy atom. The van der Waals surface area contributed by atoms with Crippen molar-refractivity contribution in [3.63, 3.8) is 0 Å². The standard InChI is InChI=1S/C27H24N2O6/c1-32-21-13-7-5-11-18(21)24(26(30)35-23-15-9-8-14-22(23)33-2)25-20-16-17-10-4-6-12-19(17)28(20)27(31)29(25)34-3/h4-16,24-25H,1-3H3. The largest absolute Gasteiger partial charge is 0.496 e. The van der Waals surface area contributed by atoms with Gasteiger partial charge in [0.1, 0.15) is 17.7 Å². The predicted molar refractivity (Wildman–Crippen MR) is 129 cm³/mol. The van der Waals surface area contributed by atoms with Gasteiger partial charge in [0.2, 0.25) is 0 Å². The minimum absolute atomic E-state index is 0.272. The van der Waals surface area contributed by atoms with E-state index in [0.717, 1.165) is 10.9 Å². The molecule has 1 aromatic heterocycles. The van der Waals surface area contributed by atoms with Crippen LogP contribution in [0.5, 0.6) is 17.2 Å². The first-order chi connectivity index (χ1) is 17.1. The summed E-state index contributed by atoms with van der Waals surface area (Å²) in [6.45, 7) is 0. The number of carbonyl (C=O) groups is 2. The number of amides is 1. The van der Waals surface area contributed by atoms with Crippen LogP contribution in [0.15, 0.2) is 78.9 Å². The lowest BCUT2D eigenvalue weighted by molar-refractivity contribution is -0.147. The van der Waals surface area contributed by atoms with Crippen molar-refractivity contribution >= 4 is 22.9 Å². The van der Waals surface area contributed by atoms with Crippen LogP contribution in [0.2, 0.25) is 0 Å². The molecule has 8 nitrogen and oxygen atoms in total. The summed E-state index contributed by atoms with van der Waals surface area (Å²) in [5.41, 5.74) is 1.91. The summed E-state index contributed by atoms with van der Waals surface area (Å²) in [4.78, 5) is 32.9. The van der Waals surface area contributed by atoms with Gasteiger partial charge >= 0.3 is 12.0 Å². The second-order valence-corrected chi connectivity index (χ2v) is 7.99. The Hall–Kier alpha value is -4.30. The molecule has 0 radical (unpaired) electrons. The molecule has 2 heterocycles. The van der Waals surface area contributed by atoms with Crippen molar-refractivity contribution in [2.75, 3.05) is 21.3 Å². The molecule has 0 aliphatic carbocycles. The van der Waals surface area contributed by atoms with Crippen LogP contribution in [0.1, 0.15) is 23.2 Å². The molecular weight excluding hydrogens is 448 g/mol. The number of methoxy groups -OCH3 is 2. The number of hydroxylamine groups is 2. The molecule has 4 aromatic rings. The van der Waals surface area contributed by atoms with Gasteiger partial charge in [0.15, 0.2) is 11.5 Å². The van der Waals surface area contributed by atoms with E-state index in [1.807, 2.05) is 42.5 Å². The Labute approximate surface area is 202 Å².